The third-order valence-corrected chi connectivity index (χ3v) is 4.85. The van der Waals surface area contributed by atoms with Crippen LogP contribution in [0.5, 0.6) is 0 Å². The monoisotopic (exact) mass is 288 g/mol. The molecule has 1 aliphatic heterocycles. The molecule has 3 heteroatoms. The zero-order valence-electron chi connectivity index (χ0n) is 14.1. The molecule has 0 bridgehead atoms. The summed E-state index contributed by atoms with van der Waals surface area (Å²) in [6.45, 7) is 9.00. The number of piperidine rings is 1. The molecule has 3 nitrogen and oxygen atoms in total. The Balaban J connectivity index is 2.02. The number of likely N-dealkylation sites (N-methyl/N-ethyl adjacent to an activating group) is 1. The molecule has 0 amide bonds. The average Bonchev–Trinajstić information content (AvgIpc) is 2.43. The lowest BCUT2D eigenvalue weighted by Crippen LogP contribution is -2.43. The minimum atomic E-state index is 0.247. The molecule has 0 aromatic heterocycles. The van der Waals surface area contributed by atoms with E-state index in [9.17, 15) is 4.79 Å². The molecule has 21 heavy (non-hydrogen) atoms. The highest BCUT2D eigenvalue weighted by atomic mass is 16.1. The van der Waals surface area contributed by atoms with Crippen LogP contribution >= 0.6 is 0 Å². The number of carbonyl (C=O) groups excluding carboxylic acids is 1. The van der Waals surface area contributed by atoms with E-state index in [4.69, 9.17) is 0 Å². The number of ketones is 1. The minimum absolute atomic E-state index is 0.247. The van der Waals surface area contributed by atoms with Gasteiger partial charge in [0.2, 0.25) is 0 Å². The summed E-state index contributed by atoms with van der Waals surface area (Å²) in [6, 6.07) is 4.71. The Bertz CT molecular complexity index is 516. The van der Waals surface area contributed by atoms with E-state index in [1.807, 2.05) is 6.92 Å². The van der Waals surface area contributed by atoms with Crippen LogP contribution < -0.4 is 0 Å². The van der Waals surface area contributed by atoms with Gasteiger partial charge in [0.1, 0.15) is 0 Å². The number of Topliss-reactive ketones (excluding diaryl/α,β-unsaturated/α-hetero) is 1. The molecular formula is C18H28N2O. The van der Waals surface area contributed by atoms with Gasteiger partial charge in [-0.15, -0.1) is 0 Å². The van der Waals surface area contributed by atoms with Gasteiger partial charge in [-0.2, -0.15) is 0 Å². The predicted molar refractivity (Wildman–Crippen MR) is 88.1 cm³/mol. The molecule has 1 aliphatic rings. The second-order valence-electron chi connectivity index (χ2n) is 6.62. The quantitative estimate of drug-likeness (QED) is 0.796. The van der Waals surface area contributed by atoms with Crippen molar-refractivity contribution in [2.75, 3.05) is 33.7 Å². The van der Waals surface area contributed by atoms with Crippen molar-refractivity contribution in [2.45, 2.75) is 39.7 Å². The smallest absolute Gasteiger partial charge is 0.177 e. The Morgan fingerprint density at radius 3 is 2.33 bits per heavy atom. The standard InChI is InChI=1S/C18H28N2O/c1-13-10-15(3)17(11-14(13)2)18(21)12-20(5)16-6-8-19(4)9-7-16/h10-11,16H,6-9,12H2,1-5H3. The largest absolute Gasteiger partial charge is 0.306 e. The molecule has 0 saturated carbocycles. The first-order valence-corrected chi connectivity index (χ1v) is 7.88. The molecule has 0 aliphatic carbocycles. The number of likely N-dealkylation sites (tertiary alicyclic amines) is 1. The van der Waals surface area contributed by atoms with E-state index >= 15 is 0 Å². The fourth-order valence-electron chi connectivity index (χ4n) is 3.14. The van der Waals surface area contributed by atoms with Gasteiger partial charge >= 0.3 is 0 Å². The summed E-state index contributed by atoms with van der Waals surface area (Å²) in [6.07, 6.45) is 2.32. The maximum Gasteiger partial charge on any atom is 0.177 e. The molecule has 1 aromatic rings. The number of rotatable bonds is 4. The van der Waals surface area contributed by atoms with Crippen LogP contribution in [0.15, 0.2) is 12.1 Å². The van der Waals surface area contributed by atoms with E-state index in [-0.39, 0.29) is 5.78 Å². The van der Waals surface area contributed by atoms with E-state index in [0.29, 0.717) is 12.6 Å². The van der Waals surface area contributed by atoms with Gasteiger partial charge in [0.05, 0.1) is 6.54 Å². The van der Waals surface area contributed by atoms with Crippen molar-refractivity contribution in [2.24, 2.45) is 0 Å². The number of benzene rings is 1. The number of nitrogens with zero attached hydrogens (tertiary/aromatic N) is 2. The van der Waals surface area contributed by atoms with Gasteiger partial charge in [-0.3, -0.25) is 9.69 Å². The maximum absolute atomic E-state index is 12.6. The average molecular weight is 288 g/mol. The van der Waals surface area contributed by atoms with Crippen molar-refractivity contribution in [1.29, 1.82) is 0 Å². The summed E-state index contributed by atoms with van der Waals surface area (Å²) < 4.78 is 0. The summed E-state index contributed by atoms with van der Waals surface area (Å²) in [7, 11) is 4.25. The van der Waals surface area contributed by atoms with Crippen molar-refractivity contribution in [3.8, 4) is 0 Å². The van der Waals surface area contributed by atoms with Crippen LogP contribution in [0.25, 0.3) is 0 Å². The first-order valence-electron chi connectivity index (χ1n) is 7.88. The van der Waals surface area contributed by atoms with Crippen molar-refractivity contribution < 1.29 is 4.79 Å². The summed E-state index contributed by atoms with van der Waals surface area (Å²) >= 11 is 0. The third kappa shape index (κ3) is 3.92. The second-order valence-corrected chi connectivity index (χ2v) is 6.62. The van der Waals surface area contributed by atoms with E-state index < -0.39 is 0 Å². The molecule has 1 heterocycles. The van der Waals surface area contributed by atoms with Gasteiger partial charge in [-0.25, -0.2) is 0 Å². The Morgan fingerprint density at radius 2 is 1.71 bits per heavy atom. The minimum Gasteiger partial charge on any atom is -0.306 e. The first kappa shape index (κ1) is 16.2. The van der Waals surface area contributed by atoms with Crippen LogP contribution in [0.3, 0.4) is 0 Å². The molecule has 1 fully saturated rings. The van der Waals surface area contributed by atoms with Gasteiger partial charge in [0.15, 0.2) is 5.78 Å². The maximum atomic E-state index is 12.6. The lowest BCUT2D eigenvalue weighted by atomic mass is 9.97. The molecule has 1 aromatic carbocycles. The number of hydrogen-bond acceptors (Lipinski definition) is 3. The van der Waals surface area contributed by atoms with E-state index in [1.54, 1.807) is 0 Å². The normalized spacial score (nSPS) is 17.4. The Morgan fingerprint density at radius 1 is 1.14 bits per heavy atom. The fraction of sp³-hybridized carbons (Fsp3) is 0.611. The lowest BCUT2D eigenvalue weighted by molar-refractivity contribution is 0.0871. The van der Waals surface area contributed by atoms with Crippen LogP contribution in [-0.2, 0) is 0 Å². The first-order chi connectivity index (χ1) is 9.88. The summed E-state index contributed by atoms with van der Waals surface area (Å²) in [5.74, 6) is 0.247. The molecule has 2 rings (SSSR count). The number of carbonyl (C=O) groups is 1. The van der Waals surface area contributed by atoms with Crippen molar-refractivity contribution in [3.63, 3.8) is 0 Å². The molecule has 0 N–H and O–H groups in total. The highest BCUT2D eigenvalue weighted by Crippen LogP contribution is 2.18. The number of aryl methyl sites for hydroxylation is 3. The van der Waals surface area contributed by atoms with Crippen molar-refractivity contribution in [1.82, 2.24) is 9.80 Å². The summed E-state index contributed by atoms with van der Waals surface area (Å²) in [4.78, 5) is 17.2. The Kier molecular flexibility index (Phi) is 5.17. The summed E-state index contributed by atoms with van der Waals surface area (Å²) in [5.41, 5.74) is 4.44. The SMILES string of the molecule is Cc1cc(C)c(C(=O)CN(C)C2CCN(C)CC2)cc1C. The second kappa shape index (κ2) is 6.71. The van der Waals surface area contributed by atoms with Crippen LogP contribution in [0.2, 0.25) is 0 Å². The molecule has 0 radical (unpaired) electrons. The third-order valence-electron chi connectivity index (χ3n) is 4.85. The van der Waals surface area contributed by atoms with E-state index in [2.05, 4.69) is 49.9 Å². The highest BCUT2D eigenvalue weighted by Gasteiger charge is 2.22. The zero-order valence-corrected chi connectivity index (χ0v) is 14.1. The van der Waals surface area contributed by atoms with Crippen LogP contribution in [-0.4, -0.2) is 55.4 Å². The van der Waals surface area contributed by atoms with Crippen LogP contribution in [0.4, 0.5) is 0 Å². The number of hydrogen-bond donors (Lipinski definition) is 0. The Hall–Kier alpha value is -1.19. The van der Waals surface area contributed by atoms with Gasteiger partial charge in [-0.05, 0) is 83.6 Å². The van der Waals surface area contributed by atoms with Gasteiger partial charge in [0, 0.05) is 11.6 Å². The summed E-state index contributed by atoms with van der Waals surface area (Å²) in [5, 5.41) is 0. The van der Waals surface area contributed by atoms with E-state index in [1.165, 1.54) is 11.1 Å². The Labute approximate surface area is 128 Å². The molecule has 0 atom stereocenters. The van der Waals surface area contributed by atoms with Crippen molar-refractivity contribution >= 4 is 5.78 Å². The van der Waals surface area contributed by atoms with Gasteiger partial charge in [0.25, 0.3) is 0 Å². The zero-order chi connectivity index (χ0) is 15.6. The van der Waals surface area contributed by atoms with Crippen LogP contribution in [0.1, 0.15) is 39.9 Å². The van der Waals surface area contributed by atoms with Gasteiger partial charge in [-0.1, -0.05) is 6.07 Å². The van der Waals surface area contributed by atoms with Crippen molar-refractivity contribution in [3.05, 3.63) is 34.4 Å². The highest BCUT2D eigenvalue weighted by molar-refractivity contribution is 5.99. The molecular weight excluding hydrogens is 260 g/mol. The van der Waals surface area contributed by atoms with Gasteiger partial charge < -0.3 is 4.90 Å². The lowest BCUT2D eigenvalue weighted by Gasteiger charge is -2.34. The molecule has 1 saturated heterocycles. The molecule has 116 valence electrons. The molecule has 0 unspecified atom stereocenters. The predicted octanol–water partition coefficient (Wildman–Crippen LogP) is 2.82. The topological polar surface area (TPSA) is 23.6 Å². The van der Waals surface area contributed by atoms with Crippen LogP contribution in [0, 0.1) is 20.8 Å². The fourth-order valence-corrected chi connectivity index (χ4v) is 3.14. The van der Waals surface area contributed by atoms with E-state index in [0.717, 1.165) is 37.1 Å². The molecule has 0 spiro atoms.